The number of carboxylic acid groups (broad SMARTS) is 1. The number of rotatable bonds is 3. The molecule has 0 spiro atoms. The number of carbonyl (C=O) groups is 1. The molecule has 5 heteroatoms. The van der Waals surface area contributed by atoms with Crippen LogP contribution >= 0.6 is 11.8 Å². The summed E-state index contributed by atoms with van der Waals surface area (Å²) in [7, 11) is 0. The molecule has 0 saturated carbocycles. The van der Waals surface area contributed by atoms with Gasteiger partial charge in [0, 0.05) is 42.2 Å². The lowest BCUT2D eigenvalue weighted by Gasteiger charge is -2.36. The fraction of sp³-hybridized carbons (Fsp3) is 0.455. The Bertz CT molecular complexity index is 358. The molecule has 1 N–H and O–H groups in total. The fourth-order valence-corrected chi connectivity index (χ4v) is 2.96. The average Bonchev–Trinajstić information content (AvgIpc) is 2.30. The average molecular weight is 238 g/mol. The van der Waals surface area contributed by atoms with Gasteiger partial charge in [0.2, 0.25) is 0 Å². The summed E-state index contributed by atoms with van der Waals surface area (Å²) < 4.78 is 0. The first-order valence-corrected chi connectivity index (χ1v) is 6.39. The van der Waals surface area contributed by atoms with E-state index in [9.17, 15) is 4.79 Å². The van der Waals surface area contributed by atoms with Crippen molar-refractivity contribution in [2.75, 3.05) is 23.0 Å². The van der Waals surface area contributed by atoms with E-state index in [1.807, 2.05) is 23.9 Å². The first-order valence-electron chi connectivity index (χ1n) is 5.23. The number of nitrogens with zero attached hydrogens (tertiary/aromatic N) is 2. The molecule has 1 unspecified atom stereocenters. The minimum Gasteiger partial charge on any atom is -0.481 e. The standard InChI is InChI=1S/C11H14N2O2S/c14-11(15)7-10-8-16-6-5-13(10)9-1-3-12-4-2-9/h1-4,10H,5-8H2,(H,14,15). The number of pyridine rings is 1. The van der Waals surface area contributed by atoms with Crippen molar-refractivity contribution >= 4 is 23.4 Å². The second kappa shape index (κ2) is 5.21. The van der Waals surface area contributed by atoms with Gasteiger partial charge in [0.15, 0.2) is 0 Å². The van der Waals surface area contributed by atoms with Crippen LogP contribution in [0.5, 0.6) is 0 Å². The smallest absolute Gasteiger partial charge is 0.305 e. The second-order valence-electron chi connectivity index (χ2n) is 3.73. The van der Waals surface area contributed by atoms with Crippen molar-refractivity contribution in [1.29, 1.82) is 0 Å². The van der Waals surface area contributed by atoms with Gasteiger partial charge in [-0.25, -0.2) is 0 Å². The van der Waals surface area contributed by atoms with Crippen molar-refractivity contribution in [2.24, 2.45) is 0 Å². The molecule has 0 aliphatic carbocycles. The van der Waals surface area contributed by atoms with E-state index in [-0.39, 0.29) is 12.5 Å². The number of anilines is 1. The molecule has 16 heavy (non-hydrogen) atoms. The molecule has 1 aromatic rings. The first-order chi connectivity index (χ1) is 7.77. The highest BCUT2D eigenvalue weighted by molar-refractivity contribution is 7.99. The minimum absolute atomic E-state index is 0.0960. The Hall–Kier alpha value is -1.23. The zero-order chi connectivity index (χ0) is 11.4. The van der Waals surface area contributed by atoms with E-state index in [2.05, 4.69) is 9.88 Å². The summed E-state index contributed by atoms with van der Waals surface area (Å²) in [5.41, 5.74) is 1.07. The summed E-state index contributed by atoms with van der Waals surface area (Å²) in [4.78, 5) is 16.9. The van der Waals surface area contributed by atoms with Crippen molar-refractivity contribution in [1.82, 2.24) is 4.98 Å². The molecule has 0 bridgehead atoms. The molecule has 86 valence electrons. The van der Waals surface area contributed by atoms with E-state index in [0.717, 1.165) is 23.7 Å². The molecular formula is C11H14N2O2S. The highest BCUT2D eigenvalue weighted by atomic mass is 32.2. The highest BCUT2D eigenvalue weighted by Crippen LogP contribution is 2.24. The summed E-state index contributed by atoms with van der Waals surface area (Å²) in [5, 5.41) is 8.88. The lowest BCUT2D eigenvalue weighted by atomic mass is 10.1. The van der Waals surface area contributed by atoms with Crippen LogP contribution in [-0.2, 0) is 4.79 Å². The molecule has 0 aromatic carbocycles. The maximum atomic E-state index is 10.8. The largest absolute Gasteiger partial charge is 0.481 e. The van der Waals surface area contributed by atoms with E-state index in [4.69, 9.17) is 5.11 Å². The van der Waals surface area contributed by atoms with Crippen LogP contribution in [0.15, 0.2) is 24.5 Å². The van der Waals surface area contributed by atoms with E-state index in [0.29, 0.717) is 0 Å². The Morgan fingerprint density at radius 1 is 1.56 bits per heavy atom. The van der Waals surface area contributed by atoms with Gasteiger partial charge in [-0.3, -0.25) is 9.78 Å². The summed E-state index contributed by atoms with van der Waals surface area (Å²) >= 11 is 1.82. The van der Waals surface area contributed by atoms with Crippen molar-refractivity contribution in [3.05, 3.63) is 24.5 Å². The quantitative estimate of drug-likeness (QED) is 0.864. The van der Waals surface area contributed by atoms with Gasteiger partial charge in [-0.2, -0.15) is 11.8 Å². The number of hydrogen-bond donors (Lipinski definition) is 1. The number of aliphatic carboxylic acids is 1. The van der Waals surface area contributed by atoms with E-state index >= 15 is 0 Å². The molecule has 0 radical (unpaired) electrons. The molecule has 1 atom stereocenters. The molecule has 1 fully saturated rings. The molecule has 4 nitrogen and oxygen atoms in total. The van der Waals surface area contributed by atoms with Crippen LogP contribution in [0.25, 0.3) is 0 Å². The van der Waals surface area contributed by atoms with Crippen molar-refractivity contribution in [3.8, 4) is 0 Å². The third-order valence-corrected chi connectivity index (χ3v) is 3.72. The van der Waals surface area contributed by atoms with Crippen molar-refractivity contribution in [3.63, 3.8) is 0 Å². The molecule has 1 aliphatic heterocycles. The van der Waals surface area contributed by atoms with E-state index in [1.54, 1.807) is 12.4 Å². The zero-order valence-corrected chi connectivity index (χ0v) is 9.69. The first kappa shape index (κ1) is 11.3. The van der Waals surface area contributed by atoms with Gasteiger partial charge in [-0.05, 0) is 12.1 Å². The number of thioether (sulfide) groups is 1. The third-order valence-electron chi connectivity index (χ3n) is 2.63. The SMILES string of the molecule is O=C(O)CC1CSCCN1c1ccncc1. The van der Waals surface area contributed by atoms with Crippen LogP contribution in [0, 0.1) is 0 Å². The molecule has 0 amide bonds. The Morgan fingerprint density at radius 2 is 2.31 bits per heavy atom. The Morgan fingerprint density at radius 3 is 3.00 bits per heavy atom. The molecule has 2 heterocycles. The van der Waals surface area contributed by atoms with Crippen LogP contribution in [-0.4, -0.2) is 40.2 Å². The molecular weight excluding hydrogens is 224 g/mol. The third kappa shape index (κ3) is 2.66. The topological polar surface area (TPSA) is 53.4 Å². The van der Waals surface area contributed by atoms with Gasteiger partial charge in [-0.15, -0.1) is 0 Å². The van der Waals surface area contributed by atoms with E-state index in [1.165, 1.54) is 0 Å². The maximum Gasteiger partial charge on any atom is 0.305 e. The molecule has 1 aliphatic rings. The Balaban J connectivity index is 2.13. The highest BCUT2D eigenvalue weighted by Gasteiger charge is 2.24. The Kier molecular flexibility index (Phi) is 3.66. The van der Waals surface area contributed by atoms with Crippen molar-refractivity contribution in [2.45, 2.75) is 12.5 Å². The zero-order valence-electron chi connectivity index (χ0n) is 8.87. The minimum atomic E-state index is -0.730. The summed E-state index contributed by atoms with van der Waals surface area (Å²) in [5.74, 6) is 1.21. The number of aromatic nitrogens is 1. The predicted molar refractivity (Wildman–Crippen MR) is 64.9 cm³/mol. The maximum absolute atomic E-state index is 10.8. The van der Waals surface area contributed by atoms with Crippen molar-refractivity contribution < 1.29 is 9.90 Å². The molecule has 2 rings (SSSR count). The normalized spacial score (nSPS) is 20.8. The molecule has 1 saturated heterocycles. The van der Waals surface area contributed by atoms with Gasteiger partial charge in [0.1, 0.15) is 0 Å². The lowest BCUT2D eigenvalue weighted by molar-refractivity contribution is -0.137. The van der Waals surface area contributed by atoms with Gasteiger partial charge in [0.25, 0.3) is 0 Å². The monoisotopic (exact) mass is 238 g/mol. The van der Waals surface area contributed by atoms with Crippen LogP contribution in [0.3, 0.4) is 0 Å². The van der Waals surface area contributed by atoms with Crippen LogP contribution in [0.4, 0.5) is 5.69 Å². The summed E-state index contributed by atoms with van der Waals surface area (Å²) in [6.45, 7) is 0.909. The number of hydrogen-bond acceptors (Lipinski definition) is 4. The van der Waals surface area contributed by atoms with Gasteiger partial charge in [-0.1, -0.05) is 0 Å². The van der Waals surface area contributed by atoms with Crippen LogP contribution in [0.1, 0.15) is 6.42 Å². The van der Waals surface area contributed by atoms with Gasteiger partial charge in [0.05, 0.1) is 6.42 Å². The lowest BCUT2D eigenvalue weighted by Crippen LogP contribution is -2.43. The van der Waals surface area contributed by atoms with Gasteiger partial charge >= 0.3 is 5.97 Å². The second-order valence-corrected chi connectivity index (χ2v) is 4.88. The van der Waals surface area contributed by atoms with Gasteiger partial charge < -0.3 is 10.0 Å². The fourth-order valence-electron chi connectivity index (χ4n) is 1.90. The number of carboxylic acids is 1. The van der Waals surface area contributed by atoms with Crippen LogP contribution < -0.4 is 4.90 Å². The van der Waals surface area contributed by atoms with Crippen LogP contribution in [0.2, 0.25) is 0 Å². The predicted octanol–water partition coefficient (Wildman–Crippen LogP) is 1.48. The van der Waals surface area contributed by atoms with E-state index < -0.39 is 5.97 Å². The summed E-state index contributed by atoms with van der Waals surface area (Å²) in [6.07, 6.45) is 3.69. The summed E-state index contributed by atoms with van der Waals surface area (Å²) in [6, 6.07) is 3.97. The Labute approximate surface area is 98.7 Å². The molecule has 1 aromatic heterocycles.